The van der Waals surface area contributed by atoms with Gasteiger partial charge in [-0.05, 0) is 55.5 Å². The Hall–Kier alpha value is -4.81. The summed E-state index contributed by atoms with van der Waals surface area (Å²) in [6.07, 6.45) is -0.938. The normalized spacial score (nSPS) is 14.5. The third-order valence-electron chi connectivity index (χ3n) is 7.37. The second-order valence-corrected chi connectivity index (χ2v) is 11.8. The quantitative estimate of drug-likeness (QED) is 0.145. The predicted molar refractivity (Wildman–Crippen MR) is 178 cm³/mol. The molecule has 4 N–H and O–H groups in total. The van der Waals surface area contributed by atoms with Crippen LogP contribution in [-0.2, 0) is 32.0 Å². The molecule has 3 aromatic rings. The Balaban J connectivity index is 1.44. The van der Waals surface area contributed by atoms with E-state index in [-0.39, 0.29) is 40.4 Å². The number of amides is 4. The Kier molecular flexibility index (Phi) is 12.6. The number of rotatable bonds is 12. The minimum absolute atomic E-state index is 0.0391. The highest BCUT2D eigenvalue weighted by atomic mass is 35.5. The third kappa shape index (κ3) is 9.85. The summed E-state index contributed by atoms with van der Waals surface area (Å²) in [5.41, 5.74) is 3.97. The Morgan fingerprint density at radius 1 is 0.917 bits per heavy atom. The second kappa shape index (κ2) is 16.8. The van der Waals surface area contributed by atoms with Gasteiger partial charge in [0.1, 0.15) is 6.04 Å². The van der Waals surface area contributed by atoms with Crippen LogP contribution in [-0.4, -0.2) is 55.5 Å². The molecule has 0 spiro atoms. The molecule has 12 nitrogen and oxygen atoms in total. The first-order valence-corrected chi connectivity index (χ1v) is 16.0. The molecule has 254 valence electrons. The maximum atomic E-state index is 13.4. The van der Waals surface area contributed by atoms with Crippen molar-refractivity contribution in [1.29, 1.82) is 0 Å². The number of aryl methyl sites for hydroxylation is 2. The van der Waals surface area contributed by atoms with Crippen LogP contribution in [0.2, 0.25) is 10.0 Å². The average molecular weight is 700 g/mol. The molecular formula is C34H36Cl2N4O8. The van der Waals surface area contributed by atoms with E-state index in [0.29, 0.717) is 6.42 Å². The lowest BCUT2D eigenvalue weighted by atomic mass is 10.1. The molecule has 14 heteroatoms. The van der Waals surface area contributed by atoms with Crippen LogP contribution >= 0.6 is 23.2 Å². The molecule has 0 bridgehead atoms. The van der Waals surface area contributed by atoms with Gasteiger partial charge in [-0.15, -0.1) is 0 Å². The van der Waals surface area contributed by atoms with Crippen LogP contribution in [0.4, 0.5) is 9.59 Å². The first-order chi connectivity index (χ1) is 22.9. The number of ether oxygens (including phenoxy) is 3. The lowest BCUT2D eigenvalue weighted by Crippen LogP contribution is -2.51. The zero-order valence-electron chi connectivity index (χ0n) is 26.6. The summed E-state index contributed by atoms with van der Waals surface area (Å²) >= 11 is 12.8. The average Bonchev–Trinajstić information content (AvgIpc) is 3.43. The Bertz CT molecular complexity index is 1660. The maximum Gasteiger partial charge on any atom is 0.511 e. The topological polar surface area (TPSA) is 161 Å². The number of carbonyl (C=O) groups is 5. The highest BCUT2D eigenvalue weighted by Crippen LogP contribution is 2.30. The number of benzene rings is 3. The molecule has 4 rings (SSSR count). The molecule has 0 saturated carbocycles. The number of nitrogens with one attached hydrogen (secondary N) is 4. The number of halogens is 2. The van der Waals surface area contributed by atoms with Crippen molar-refractivity contribution in [3.8, 4) is 0 Å². The van der Waals surface area contributed by atoms with Crippen molar-refractivity contribution >= 4 is 53.2 Å². The molecule has 3 atom stereocenters. The number of hydrogen-bond acceptors (Lipinski definition) is 8. The van der Waals surface area contributed by atoms with Gasteiger partial charge in [-0.25, -0.2) is 14.4 Å². The first kappa shape index (κ1) is 36.0. The van der Waals surface area contributed by atoms with Gasteiger partial charge in [-0.3, -0.25) is 9.59 Å². The third-order valence-corrected chi connectivity index (χ3v) is 7.96. The molecule has 0 heterocycles. The van der Waals surface area contributed by atoms with Crippen molar-refractivity contribution in [3.63, 3.8) is 0 Å². The van der Waals surface area contributed by atoms with Crippen LogP contribution in [0.5, 0.6) is 0 Å². The number of hydrogen-bond donors (Lipinski definition) is 4. The van der Waals surface area contributed by atoms with Crippen molar-refractivity contribution in [2.24, 2.45) is 0 Å². The minimum Gasteiger partial charge on any atom is -0.435 e. The van der Waals surface area contributed by atoms with Gasteiger partial charge in [0, 0.05) is 19.0 Å². The van der Waals surface area contributed by atoms with Crippen LogP contribution in [0.25, 0.3) is 0 Å². The van der Waals surface area contributed by atoms with E-state index in [9.17, 15) is 24.0 Å². The molecule has 0 aromatic heterocycles. The molecule has 0 fully saturated rings. The van der Waals surface area contributed by atoms with E-state index in [1.54, 1.807) is 6.92 Å². The Morgan fingerprint density at radius 2 is 1.65 bits per heavy atom. The van der Waals surface area contributed by atoms with Gasteiger partial charge in [-0.2, -0.15) is 0 Å². The first-order valence-electron chi connectivity index (χ1n) is 15.2. The van der Waals surface area contributed by atoms with Crippen LogP contribution in [0.15, 0.2) is 60.7 Å². The number of fused-ring (bicyclic) bond motifs is 1. The van der Waals surface area contributed by atoms with E-state index in [1.807, 2.05) is 55.5 Å². The van der Waals surface area contributed by atoms with E-state index in [1.165, 1.54) is 19.1 Å². The zero-order chi connectivity index (χ0) is 34.8. The molecule has 3 aromatic carbocycles. The fourth-order valence-electron chi connectivity index (χ4n) is 5.12. The van der Waals surface area contributed by atoms with Crippen LogP contribution in [0.1, 0.15) is 69.3 Å². The molecule has 1 aliphatic rings. The van der Waals surface area contributed by atoms with Crippen LogP contribution in [0, 0.1) is 6.92 Å². The molecule has 1 unspecified atom stereocenters. The summed E-state index contributed by atoms with van der Waals surface area (Å²) in [5, 5.41) is 10.4. The number of urea groups is 1. The summed E-state index contributed by atoms with van der Waals surface area (Å²) in [5.74, 6) is -2.39. The fraction of sp³-hybridized carbons (Fsp3) is 0.324. The van der Waals surface area contributed by atoms with Crippen molar-refractivity contribution in [2.75, 3.05) is 13.2 Å². The van der Waals surface area contributed by atoms with Gasteiger partial charge >= 0.3 is 18.2 Å². The molecule has 48 heavy (non-hydrogen) atoms. The smallest absolute Gasteiger partial charge is 0.435 e. The molecule has 4 amide bonds. The lowest BCUT2D eigenvalue weighted by Gasteiger charge is -2.22. The summed E-state index contributed by atoms with van der Waals surface area (Å²) in [6, 6.07) is 15.6. The van der Waals surface area contributed by atoms with E-state index >= 15 is 0 Å². The Morgan fingerprint density at radius 3 is 2.35 bits per heavy atom. The maximum absolute atomic E-state index is 13.4. The SMILES string of the molecule is CCOC(=O)OC(C)OC(=O)[C@H](CNC(=O)N[C@@H]1CCc2ccccc21)NC(=O)c1c(Cl)cc(C(=O)NCc2cccc(C)c2)cc1Cl. The molecule has 0 aliphatic heterocycles. The molecule has 0 saturated heterocycles. The van der Waals surface area contributed by atoms with Crippen LogP contribution < -0.4 is 21.3 Å². The highest BCUT2D eigenvalue weighted by molar-refractivity contribution is 6.40. The van der Waals surface area contributed by atoms with Gasteiger partial charge in [0.15, 0.2) is 0 Å². The summed E-state index contributed by atoms with van der Waals surface area (Å²) in [7, 11) is 0. The van der Waals surface area contributed by atoms with Gasteiger partial charge in [0.2, 0.25) is 6.29 Å². The molecular weight excluding hydrogens is 663 g/mol. The molecule has 1 aliphatic carbocycles. The second-order valence-electron chi connectivity index (χ2n) is 11.0. The number of esters is 1. The van der Waals surface area contributed by atoms with Gasteiger partial charge < -0.3 is 35.5 Å². The molecule has 0 radical (unpaired) electrons. The van der Waals surface area contributed by atoms with E-state index < -0.39 is 48.8 Å². The van der Waals surface area contributed by atoms with E-state index in [2.05, 4.69) is 21.3 Å². The lowest BCUT2D eigenvalue weighted by molar-refractivity contribution is -0.170. The van der Waals surface area contributed by atoms with Crippen LogP contribution in [0.3, 0.4) is 0 Å². The van der Waals surface area contributed by atoms with E-state index in [4.69, 9.17) is 37.4 Å². The van der Waals surface area contributed by atoms with Crippen molar-refractivity contribution in [3.05, 3.63) is 104 Å². The monoisotopic (exact) mass is 698 g/mol. The number of carbonyl (C=O) groups excluding carboxylic acids is 5. The standard InChI is InChI=1S/C34H36Cl2N4O8/c1-4-46-34(45)48-20(3)47-32(43)28(18-38-33(44)40-27-13-12-22-10-5-6-11-24(22)27)39-31(42)29-25(35)15-23(16-26(29)36)30(41)37-17-21-9-7-8-19(2)14-21/h5-11,14-16,20,27-28H,4,12-13,17-18H2,1-3H3,(H,37,41)(H,39,42)(H2,38,40,44)/t20?,27-,28+/m1/s1. The predicted octanol–water partition coefficient (Wildman–Crippen LogP) is 5.38. The van der Waals surface area contributed by atoms with E-state index in [0.717, 1.165) is 28.7 Å². The largest absolute Gasteiger partial charge is 0.511 e. The minimum atomic E-state index is -1.48. The zero-order valence-corrected chi connectivity index (χ0v) is 28.1. The van der Waals surface area contributed by atoms with Gasteiger partial charge in [0.25, 0.3) is 11.8 Å². The Labute approximate surface area is 287 Å². The summed E-state index contributed by atoms with van der Waals surface area (Å²) in [4.78, 5) is 63.9. The van der Waals surface area contributed by atoms with Crippen molar-refractivity contribution < 1.29 is 38.2 Å². The fourth-order valence-corrected chi connectivity index (χ4v) is 5.78. The summed E-state index contributed by atoms with van der Waals surface area (Å²) in [6.45, 7) is 4.68. The van der Waals surface area contributed by atoms with Gasteiger partial charge in [-0.1, -0.05) is 77.3 Å². The highest BCUT2D eigenvalue weighted by Gasteiger charge is 2.30. The van der Waals surface area contributed by atoms with Gasteiger partial charge in [0.05, 0.1) is 34.8 Å². The van der Waals surface area contributed by atoms with Crippen molar-refractivity contribution in [1.82, 2.24) is 21.3 Å². The van der Waals surface area contributed by atoms with Crippen molar-refractivity contribution in [2.45, 2.75) is 58.5 Å². The summed E-state index contributed by atoms with van der Waals surface area (Å²) < 4.78 is 14.8.